The van der Waals surface area contributed by atoms with Crippen LogP contribution in [0.1, 0.15) is 27.7 Å². The summed E-state index contributed by atoms with van der Waals surface area (Å²) in [4.78, 5) is 22.5. The van der Waals surface area contributed by atoms with Crippen molar-refractivity contribution in [2.45, 2.75) is 27.7 Å². The third-order valence-electron chi connectivity index (χ3n) is 1.55. The Bertz CT molecular complexity index is 295. The molecule has 0 aromatic heterocycles. The Labute approximate surface area is 107 Å². The molecule has 0 fully saturated rings. The highest BCUT2D eigenvalue weighted by atomic mass is 35.5. The molecular weight excluding hydrogens is 244 g/mol. The molecule has 0 aromatic rings. The first-order chi connectivity index (χ1) is 7.82. The van der Waals surface area contributed by atoms with E-state index >= 15 is 0 Å². The Morgan fingerprint density at radius 2 is 1.53 bits per heavy atom. The van der Waals surface area contributed by atoms with Crippen LogP contribution in [0.5, 0.6) is 0 Å². The van der Waals surface area contributed by atoms with Gasteiger partial charge in [0, 0.05) is 6.08 Å². The quantitative estimate of drug-likeness (QED) is 0.545. The monoisotopic (exact) mass is 262 g/mol. The van der Waals surface area contributed by atoms with Crippen molar-refractivity contribution in [1.29, 1.82) is 0 Å². The fraction of sp³-hybridized carbons (Fsp3) is 0.667. The molecule has 0 rings (SSSR count). The van der Waals surface area contributed by atoms with Gasteiger partial charge in [-0.1, -0.05) is 39.3 Å². The Balaban J connectivity index is 4.14. The van der Waals surface area contributed by atoms with E-state index in [2.05, 4.69) is 0 Å². The van der Waals surface area contributed by atoms with Crippen molar-refractivity contribution in [3.8, 4) is 0 Å². The lowest BCUT2D eigenvalue weighted by atomic mass is 10.2. The van der Waals surface area contributed by atoms with E-state index in [1.165, 1.54) is 0 Å². The van der Waals surface area contributed by atoms with Gasteiger partial charge in [0.2, 0.25) is 0 Å². The number of carbonyl (C=O) groups is 2. The number of rotatable bonds is 6. The first kappa shape index (κ1) is 16.0. The lowest BCUT2D eigenvalue weighted by molar-refractivity contribution is -0.141. The highest BCUT2D eigenvalue weighted by Crippen LogP contribution is 2.06. The van der Waals surface area contributed by atoms with Crippen LogP contribution >= 0.6 is 11.6 Å². The molecule has 0 atom stereocenters. The molecule has 0 aliphatic carbocycles. The van der Waals surface area contributed by atoms with Crippen molar-refractivity contribution in [3.63, 3.8) is 0 Å². The summed E-state index contributed by atoms with van der Waals surface area (Å²) >= 11 is 5.61. The van der Waals surface area contributed by atoms with Gasteiger partial charge in [0.15, 0.2) is 0 Å². The molecule has 98 valence electrons. The number of esters is 2. The minimum Gasteiger partial charge on any atom is -0.462 e. The molecule has 0 radical (unpaired) electrons. The van der Waals surface area contributed by atoms with Crippen LogP contribution in [-0.4, -0.2) is 25.2 Å². The largest absolute Gasteiger partial charge is 0.462 e. The van der Waals surface area contributed by atoms with E-state index in [0.29, 0.717) is 6.61 Å². The van der Waals surface area contributed by atoms with Crippen LogP contribution in [0.2, 0.25) is 0 Å². The second-order valence-corrected chi connectivity index (χ2v) is 4.92. The molecule has 0 amide bonds. The van der Waals surface area contributed by atoms with E-state index < -0.39 is 11.9 Å². The van der Waals surface area contributed by atoms with Crippen LogP contribution in [0.4, 0.5) is 0 Å². The molecule has 0 aromatic carbocycles. The molecule has 0 heterocycles. The summed E-state index contributed by atoms with van der Waals surface area (Å²) in [6.07, 6.45) is 0.937. The lowest BCUT2D eigenvalue weighted by Gasteiger charge is -2.07. The molecule has 17 heavy (non-hydrogen) atoms. The van der Waals surface area contributed by atoms with E-state index in [0.717, 1.165) is 6.08 Å². The molecule has 0 saturated carbocycles. The van der Waals surface area contributed by atoms with Crippen molar-refractivity contribution < 1.29 is 19.1 Å². The SMILES string of the molecule is CC(C)COC(=O)C=C(Cl)C(=O)OCC(C)C. The van der Waals surface area contributed by atoms with Crippen molar-refractivity contribution in [2.24, 2.45) is 11.8 Å². The van der Waals surface area contributed by atoms with Gasteiger partial charge >= 0.3 is 11.9 Å². The molecular formula is C12H19ClO4. The summed E-state index contributed by atoms with van der Waals surface area (Å²) in [6.45, 7) is 8.19. The Morgan fingerprint density at radius 1 is 1.06 bits per heavy atom. The topological polar surface area (TPSA) is 52.6 Å². The van der Waals surface area contributed by atoms with E-state index in [4.69, 9.17) is 21.1 Å². The maximum atomic E-state index is 11.3. The fourth-order valence-electron chi connectivity index (χ4n) is 0.764. The Morgan fingerprint density at radius 3 is 2.00 bits per heavy atom. The summed E-state index contributed by atoms with van der Waals surface area (Å²) in [7, 11) is 0. The minimum atomic E-state index is -0.707. The highest BCUT2D eigenvalue weighted by molar-refractivity contribution is 6.42. The van der Waals surface area contributed by atoms with Gasteiger partial charge in [0.05, 0.1) is 13.2 Å². The van der Waals surface area contributed by atoms with Crippen molar-refractivity contribution in [1.82, 2.24) is 0 Å². The fourth-order valence-corrected chi connectivity index (χ4v) is 0.908. The molecule has 0 spiro atoms. The van der Waals surface area contributed by atoms with Gasteiger partial charge in [-0.3, -0.25) is 0 Å². The number of hydrogen-bond donors (Lipinski definition) is 0. The summed E-state index contributed by atoms with van der Waals surface area (Å²) < 4.78 is 9.69. The maximum absolute atomic E-state index is 11.3. The van der Waals surface area contributed by atoms with E-state index in [-0.39, 0.29) is 23.5 Å². The first-order valence-corrected chi connectivity index (χ1v) is 5.91. The third kappa shape index (κ3) is 8.74. The third-order valence-corrected chi connectivity index (χ3v) is 1.81. The van der Waals surface area contributed by atoms with Gasteiger partial charge in [-0.05, 0) is 11.8 Å². The zero-order chi connectivity index (χ0) is 13.4. The summed E-state index contributed by atoms with van der Waals surface area (Å²) in [5.74, 6) is -0.887. The Hall–Kier alpha value is -1.03. The number of carbonyl (C=O) groups excluding carboxylic acids is 2. The van der Waals surface area contributed by atoms with Gasteiger partial charge < -0.3 is 9.47 Å². The zero-order valence-electron chi connectivity index (χ0n) is 10.7. The van der Waals surface area contributed by atoms with Crippen molar-refractivity contribution in [2.75, 3.05) is 13.2 Å². The van der Waals surface area contributed by atoms with Crippen LogP contribution in [0.25, 0.3) is 0 Å². The highest BCUT2D eigenvalue weighted by Gasteiger charge is 2.12. The van der Waals surface area contributed by atoms with Crippen LogP contribution in [0.15, 0.2) is 11.1 Å². The molecule has 5 heteroatoms. The lowest BCUT2D eigenvalue weighted by Crippen LogP contribution is -2.12. The average Bonchev–Trinajstić information content (AvgIpc) is 2.22. The van der Waals surface area contributed by atoms with Crippen molar-refractivity contribution in [3.05, 3.63) is 11.1 Å². The van der Waals surface area contributed by atoms with Gasteiger partial charge in [-0.25, -0.2) is 9.59 Å². The number of ether oxygens (including phenoxy) is 2. The number of hydrogen-bond acceptors (Lipinski definition) is 4. The van der Waals surface area contributed by atoms with Gasteiger partial charge in [0.25, 0.3) is 0 Å². The summed E-state index contributed by atoms with van der Waals surface area (Å²) in [5, 5.41) is -0.264. The second-order valence-electron chi connectivity index (χ2n) is 4.51. The standard InChI is InChI=1S/C12H19ClO4/c1-8(2)6-16-11(14)5-10(13)12(15)17-7-9(3)4/h5,8-9H,6-7H2,1-4H3. The molecule has 0 N–H and O–H groups in total. The van der Waals surface area contributed by atoms with Gasteiger partial charge in [-0.15, -0.1) is 0 Å². The second kappa shape index (κ2) is 8.12. The van der Waals surface area contributed by atoms with Gasteiger partial charge in [0.1, 0.15) is 5.03 Å². The molecule has 0 aliphatic rings. The Kier molecular flexibility index (Phi) is 7.63. The van der Waals surface area contributed by atoms with Crippen LogP contribution < -0.4 is 0 Å². The van der Waals surface area contributed by atoms with Crippen molar-refractivity contribution >= 4 is 23.5 Å². The average molecular weight is 263 g/mol. The normalized spacial score (nSPS) is 11.8. The van der Waals surface area contributed by atoms with Gasteiger partial charge in [-0.2, -0.15) is 0 Å². The first-order valence-electron chi connectivity index (χ1n) is 5.54. The summed E-state index contributed by atoms with van der Waals surface area (Å²) in [6, 6.07) is 0. The summed E-state index contributed by atoms with van der Waals surface area (Å²) in [5.41, 5.74) is 0. The number of halogens is 1. The van der Waals surface area contributed by atoms with E-state index in [9.17, 15) is 9.59 Å². The van der Waals surface area contributed by atoms with E-state index in [1.807, 2.05) is 27.7 Å². The van der Waals surface area contributed by atoms with Crippen LogP contribution in [0.3, 0.4) is 0 Å². The van der Waals surface area contributed by atoms with E-state index in [1.54, 1.807) is 0 Å². The zero-order valence-corrected chi connectivity index (χ0v) is 11.4. The molecule has 0 unspecified atom stereocenters. The molecule has 0 saturated heterocycles. The molecule has 0 bridgehead atoms. The predicted octanol–water partition coefficient (Wildman–Crippen LogP) is 2.51. The molecule has 4 nitrogen and oxygen atoms in total. The van der Waals surface area contributed by atoms with Crippen LogP contribution in [-0.2, 0) is 19.1 Å². The van der Waals surface area contributed by atoms with Crippen LogP contribution in [0, 0.1) is 11.8 Å². The predicted molar refractivity (Wildman–Crippen MR) is 65.5 cm³/mol. The smallest absolute Gasteiger partial charge is 0.350 e. The minimum absolute atomic E-state index is 0.219. The maximum Gasteiger partial charge on any atom is 0.350 e. The molecule has 0 aliphatic heterocycles.